The molecule has 12 heteroatoms. The summed E-state index contributed by atoms with van der Waals surface area (Å²) in [6.45, 7) is 1.73. The van der Waals surface area contributed by atoms with Crippen LogP contribution in [0.25, 0.3) is 11.4 Å². The van der Waals surface area contributed by atoms with Gasteiger partial charge in [0.1, 0.15) is 23.4 Å². The number of fused-ring (bicyclic) bond motifs is 1. The van der Waals surface area contributed by atoms with Crippen LogP contribution in [0.4, 0.5) is 24.7 Å². The van der Waals surface area contributed by atoms with Gasteiger partial charge >= 0.3 is 6.18 Å². The molecule has 0 saturated heterocycles. The third-order valence-corrected chi connectivity index (χ3v) is 6.42. The van der Waals surface area contributed by atoms with E-state index >= 15 is 0 Å². The van der Waals surface area contributed by atoms with Gasteiger partial charge in [-0.15, -0.1) is 0 Å². The van der Waals surface area contributed by atoms with E-state index in [1.54, 1.807) is 24.3 Å². The van der Waals surface area contributed by atoms with Gasteiger partial charge in [-0.25, -0.2) is 19.9 Å². The number of aliphatic imine (C=N–C) groups is 1. The summed E-state index contributed by atoms with van der Waals surface area (Å²) in [5.41, 5.74) is 7.81. The lowest BCUT2D eigenvalue weighted by Gasteiger charge is -2.15. The van der Waals surface area contributed by atoms with Crippen LogP contribution in [-0.4, -0.2) is 44.6 Å². The summed E-state index contributed by atoms with van der Waals surface area (Å²) in [5, 5.41) is 11.7. The molecule has 0 spiro atoms. The lowest BCUT2D eigenvalue weighted by atomic mass is 10.1. The summed E-state index contributed by atoms with van der Waals surface area (Å²) < 4.78 is 66.0. The van der Waals surface area contributed by atoms with Crippen molar-refractivity contribution in [3.05, 3.63) is 64.9 Å². The highest BCUT2D eigenvalue weighted by molar-refractivity contribution is 6.06. The number of nitrogens with two attached hydrogens (primary N) is 1. The highest BCUT2D eigenvalue weighted by Crippen LogP contribution is 2.45. The van der Waals surface area contributed by atoms with Crippen molar-refractivity contribution in [1.82, 2.24) is 19.9 Å². The minimum atomic E-state index is -4.62. The largest absolute Gasteiger partial charge is 0.480 e. The number of hydrogen-bond acceptors (Lipinski definition) is 9. The molecule has 0 aliphatic heterocycles. The van der Waals surface area contributed by atoms with Gasteiger partial charge in [0.25, 0.3) is 0 Å². The molecular formula is C27H27F3N8O. The predicted molar refractivity (Wildman–Crippen MR) is 142 cm³/mol. The molecule has 0 radical (unpaired) electrons. The van der Waals surface area contributed by atoms with Gasteiger partial charge in [0.15, 0.2) is 5.82 Å². The number of halogens is 3. The number of allylic oxidation sites excluding steroid dienone is 2. The lowest BCUT2D eigenvalue weighted by molar-refractivity contribution is -0.0925. The van der Waals surface area contributed by atoms with Crippen molar-refractivity contribution >= 4 is 22.9 Å². The third kappa shape index (κ3) is 5.74. The molecule has 1 saturated carbocycles. The topological polar surface area (TPSA) is 135 Å². The average molecular weight is 540 g/mol. The van der Waals surface area contributed by atoms with Crippen LogP contribution in [0.5, 0.6) is 5.88 Å². The van der Waals surface area contributed by atoms with Crippen LogP contribution in [0.1, 0.15) is 58.7 Å². The van der Waals surface area contributed by atoms with E-state index in [2.05, 4.69) is 20.3 Å². The summed E-state index contributed by atoms with van der Waals surface area (Å²) in [6, 6.07) is 6.86. The smallest absolute Gasteiger partial charge is 0.430 e. The maximum absolute atomic E-state index is 12.7. The monoisotopic (exact) mass is 539 g/mol. The lowest BCUT2D eigenvalue weighted by Crippen LogP contribution is -2.20. The van der Waals surface area contributed by atoms with E-state index in [0.29, 0.717) is 59.1 Å². The molecule has 5 rings (SSSR count). The first-order chi connectivity index (χ1) is 19.8. The zero-order valence-corrected chi connectivity index (χ0v) is 20.9. The summed E-state index contributed by atoms with van der Waals surface area (Å²) >= 11 is 0. The highest BCUT2D eigenvalue weighted by atomic mass is 19.4. The van der Waals surface area contributed by atoms with Crippen LogP contribution in [0.3, 0.4) is 0 Å². The Hall–Kier alpha value is -4.35. The Morgan fingerprint density at radius 2 is 1.97 bits per heavy atom. The number of hydrogen-bond donors (Lipinski definition) is 3. The predicted octanol–water partition coefficient (Wildman–Crippen LogP) is 5.24. The minimum Gasteiger partial charge on any atom is -0.480 e. The Kier molecular flexibility index (Phi) is 6.05. The zero-order chi connectivity index (χ0) is 30.2. The van der Waals surface area contributed by atoms with E-state index in [0.717, 1.165) is 24.5 Å². The van der Waals surface area contributed by atoms with Crippen molar-refractivity contribution in [3.8, 4) is 17.3 Å². The van der Waals surface area contributed by atoms with Gasteiger partial charge in [-0.2, -0.15) is 13.2 Å². The number of anilines is 1. The third-order valence-electron chi connectivity index (χ3n) is 6.42. The van der Waals surface area contributed by atoms with Crippen LogP contribution < -0.4 is 15.8 Å². The first-order valence-electron chi connectivity index (χ1n) is 13.7. The SMILES string of the molecule is [2H]C([2H])([2H])Oc1ncnc(C2CC2)c1-c1nc2c(c(NCc3ccc(N=C(C)/C=C(\N)C(F)(F)F)cc3)n1)C(=N)CC2. The maximum atomic E-state index is 12.7. The Morgan fingerprint density at radius 1 is 1.21 bits per heavy atom. The van der Waals surface area contributed by atoms with E-state index in [4.69, 9.17) is 30.0 Å². The van der Waals surface area contributed by atoms with Gasteiger partial charge < -0.3 is 21.2 Å². The Balaban J connectivity index is 1.43. The number of benzene rings is 1. The molecule has 39 heavy (non-hydrogen) atoms. The molecule has 0 bridgehead atoms. The van der Waals surface area contributed by atoms with Crippen LogP contribution >= 0.6 is 0 Å². The molecule has 0 unspecified atom stereocenters. The maximum Gasteiger partial charge on any atom is 0.430 e. The number of nitrogens with one attached hydrogen (secondary N) is 2. The van der Waals surface area contributed by atoms with Crippen molar-refractivity contribution in [2.75, 3.05) is 12.4 Å². The molecule has 0 atom stereocenters. The minimum absolute atomic E-state index is 0.107. The number of nitrogens with zero attached hydrogens (tertiary/aromatic N) is 5. The van der Waals surface area contributed by atoms with Crippen LogP contribution in [0.2, 0.25) is 0 Å². The average Bonchev–Trinajstić information content (AvgIpc) is 3.68. The number of alkyl halides is 3. The molecule has 0 amide bonds. The van der Waals surface area contributed by atoms with E-state index in [1.807, 2.05) is 0 Å². The first-order valence-corrected chi connectivity index (χ1v) is 12.2. The van der Waals surface area contributed by atoms with Crippen molar-refractivity contribution in [1.29, 1.82) is 5.41 Å². The summed E-state index contributed by atoms with van der Waals surface area (Å²) in [6.07, 6.45) is 0.226. The van der Waals surface area contributed by atoms with Gasteiger partial charge in [0.2, 0.25) is 5.88 Å². The molecule has 2 heterocycles. The summed E-state index contributed by atoms with van der Waals surface area (Å²) in [5.74, 6) is 0.635. The van der Waals surface area contributed by atoms with Crippen LogP contribution in [0.15, 0.2) is 47.4 Å². The number of aromatic nitrogens is 4. The van der Waals surface area contributed by atoms with Gasteiger partial charge in [0, 0.05) is 23.9 Å². The van der Waals surface area contributed by atoms with E-state index < -0.39 is 18.9 Å². The quantitative estimate of drug-likeness (QED) is 0.333. The summed E-state index contributed by atoms with van der Waals surface area (Å²) in [4.78, 5) is 22.0. The number of rotatable bonds is 8. The first kappa shape index (κ1) is 22.6. The molecule has 2 aliphatic rings. The molecule has 3 aromatic rings. The molecule has 4 N–H and O–H groups in total. The van der Waals surface area contributed by atoms with Gasteiger partial charge in [-0.05, 0) is 56.4 Å². The van der Waals surface area contributed by atoms with Gasteiger partial charge in [-0.1, -0.05) is 12.1 Å². The van der Waals surface area contributed by atoms with E-state index in [9.17, 15) is 13.2 Å². The Morgan fingerprint density at radius 3 is 2.67 bits per heavy atom. The Bertz CT molecular complexity index is 1580. The fraction of sp³-hybridized carbons (Fsp3) is 0.333. The van der Waals surface area contributed by atoms with Crippen molar-refractivity contribution in [2.24, 2.45) is 10.7 Å². The van der Waals surface area contributed by atoms with Gasteiger partial charge in [-0.3, -0.25) is 4.99 Å². The second-order valence-electron chi connectivity index (χ2n) is 9.38. The molecule has 2 aromatic heterocycles. The normalized spacial score (nSPS) is 17.3. The standard InChI is InChI=1S/C27H27F3N8O/c1-14(11-20(32)27(28,29)30)36-17-7-3-15(4-8-17)12-33-24-21-18(31)9-10-19(21)37-25(38-24)22-23(16-5-6-16)34-13-35-26(22)39-2/h3-4,7-8,11,13,16,31H,5-6,9-10,12,32H2,1-2H3,(H,33,37,38)/b20-11-,31-18?,36-14?/i2D3. The molecule has 202 valence electrons. The van der Waals surface area contributed by atoms with Crippen molar-refractivity contribution in [2.45, 2.75) is 51.2 Å². The molecule has 9 nitrogen and oxygen atoms in total. The van der Waals surface area contributed by atoms with Crippen molar-refractivity contribution in [3.63, 3.8) is 0 Å². The molecular weight excluding hydrogens is 509 g/mol. The zero-order valence-electron chi connectivity index (χ0n) is 23.9. The molecule has 1 aromatic carbocycles. The second kappa shape index (κ2) is 10.4. The number of ether oxygens (including phenoxy) is 1. The molecule has 1 fully saturated rings. The summed E-state index contributed by atoms with van der Waals surface area (Å²) in [7, 11) is -2.74. The molecule has 2 aliphatic carbocycles. The van der Waals surface area contributed by atoms with Crippen LogP contribution in [0, 0.1) is 5.41 Å². The fourth-order valence-electron chi connectivity index (χ4n) is 4.37. The Labute approximate surface area is 227 Å². The van der Waals surface area contributed by atoms with E-state index in [1.165, 1.54) is 13.3 Å². The number of aryl methyl sites for hydroxylation is 1. The van der Waals surface area contributed by atoms with Gasteiger partial charge in [0.05, 0.1) is 33.8 Å². The van der Waals surface area contributed by atoms with Crippen LogP contribution in [-0.2, 0) is 13.0 Å². The number of methoxy groups -OCH3 is 1. The van der Waals surface area contributed by atoms with Crippen molar-refractivity contribution < 1.29 is 22.0 Å². The second-order valence-corrected chi connectivity index (χ2v) is 9.38. The fourth-order valence-corrected chi connectivity index (χ4v) is 4.37. The highest BCUT2D eigenvalue weighted by Gasteiger charge is 2.33. The van der Waals surface area contributed by atoms with E-state index in [-0.39, 0.29) is 23.3 Å².